The summed E-state index contributed by atoms with van der Waals surface area (Å²) in [4.78, 5) is 21.8. The Morgan fingerprint density at radius 2 is 1.92 bits per heavy atom. The molecule has 0 spiro atoms. The molecule has 1 aliphatic rings. The minimum absolute atomic E-state index is 0.329. The maximum absolute atomic E-state index is 12.7. The fraction of sp³-hybridized carbons (Fsp3) is 0.312. The van der Waals surface area contributed by atoms with Crippen LogP contribution >= 0.6 is 0 Å². The number of primary amides is 1. The Labute approximate surface area is 147 Å². The lowest BCUT2D eigenvalue weighted by Crippen LogP contribution is -2.56. The van der Waals surface area contributed by atoms with Crippen LogP contribution in [0.1, 0.15) is 5.56 Å². The van der Waals surface area contributed by atoms with Gasteiger partial charge in [0, 0.05) is 37.7 Å². The summed E-state index contributed by atoms with van der Waals surface area (Å²) in [6.45, 7) is 1.46. The Kier molecular flexibility index (Phi) is 4.94. The number of alkyl halides is 3. The Morgan fingerprint density at radius 3 is 2.58 bits per heavy atom. The van der Waals surface area contributed by atoms with Crippen LogP contribution in [0.25, 0.3) is 0 Å². The number of benzene rings is 1. The van der Waals surface area contributed by atoms with E-state index in [0.717, 1.165) is 12.1 Å². The van der Waals surface area contributed by atoms with Crippen molar-refractivity contribution in [3.63, 3.8) is 0 Å². The molecule has 26 heavy (non-hydrogen) atoms. The topological polar surface area (TPSA) is 96.2 Å². The quantitative estimate of drug-likeness (QED) is 0.759. The molecule has 1 atom stereocenters. The standard InChI is InChI=1S/C16H17F3N6O/c17-16(18,19)10-1-3-11(4-2-10)24-14-15(23-6-5-22-14)25-8-7-21-12(9-25)13(20)26/h1-6,12,21H,7-9H2,(H2,20,26)(H,22,24). The van der Waals surface area contributed by atoms with E-state index >= 15 is 0 Å². The summed E-state index contributed by atoms with van der Waals surface area (Å²) in [7, 11) is 0. The third-order valence-corrected chi connectivity index (χ3v) is 3.97. The SMILES string of the molecule is NC(=O)C1CN(c2nccnc2Nc2ccc(C(F)(F)F)cc2)CCN1. The number of nitrogens with two attached hydrogens (primary N) is 1. The van der Waals surface area contributed by atoms with Gasteiger partial charge in [0.15, 0.2) is 11.6 Å². The number of carbonyl (C=O) groups excluding carboxylic acids is 1. The first-order valence-electron chi connectivity index (χ1n) is 7.87. The highest BCUT2D eigenvalue weighted by molar-refractivity contribution is 5.81. The maximum Gasteiger partial charge on any atom is 0.416 e. The second kappa shape index (κ2) is 7.16. The molecule has 0 aliphatic carbocycles. The van der Waals surface area contributed by atoms with Gasteiger partial charge in [-0.05, 0) is 24.3 Å². The van der Waals surface area contributed by atoms with Crippen molar-refractivity contribution in [1.82, 2.24) is 15.3 Å². The van der Waals surface area contributed by atoms with Gasteiger partial charge in [0.05, 0.1) is 5.56 Å². The molecule has 7 nitrogen and oxygen atoms in total. The van der Waals surface area contributed by atoms with Crippen LogP contribution in [0, 0.1) is 0 Å². The molecule has 1 saturated heterocycles. The minimum Gasteiger partial charge on any atom is -0.368 e. The summed E-state index contributed by atoms with van der Waals surface area (Å²) < 4.78 is 38.0. The van der Waals surface area contributed by atoms with Crippen LogP contribution in [0.3, 0.4) is 0 Å². The van der Waals surface area contributed by atoms with Gasteiger partial charge < -0.3 is 21.3 Å². The van der Waals surface area contributed by atoms with Gasteiger partial charge in [-0.3, -0.25) is 4.79 Å². The van der Waals surface area contributed by atoms with E-state index in [1.807, 2.05) is 4.90 Å². The van der Waals surface area contributed by atoms with E-state index in [0.29, 0.717) is 37.0 Å². The van der Waals surface area contributed by atoms with E-state index in [1.165, 1.54) is 24.5 Å². The number of carbonyl (C=O) groups is 1. The van der Waals surface area contributed by atoms with Gasteiger partial charge in [-0.2, -0.15) is 13.2 Å². The number of piperazine rings is 1. The van der Waals surface area contributed by atoms with E-state index in [-0.39, 0.29) is 0 Å². The number of nitrogens with one attached hydrogen (secondary N) is 2. The number of hydrogen-bond acceptors (Lipinski definition) is 6. The Balaban J connectivity index is 1.80. The number of amides is 1. The van der Waals surface area contributed by atoms with Crippen LogP contribution in [-0.2, 0) is 11.0 Å². The van der Waals surface area contributed by atoms with Crippen LogP contribution in [-0.4, -0.2) is 41.6 Å². The summed E-state index contributed by atoms with van der Waals surface area (Å²) >= 11 is 0. The van der Waals surface area contributed by atoms with Crippen molar-refractivity contribution in [1.29, 1.82) is 0 Å². The third kappa shape index (κ3) is 4.02. The molecule has 1 fully saturated rings. The van der Waals surface area contributed by atoms with Gasteiger partial charge in [-0.15, -0.1) is 0 Å². The van der Waals surface area contributed by atoms with Crippen molar-refractivity contribution in [2.75, 3.05) is 29.9 Å². The summed E-state index contributed by atoms with van der Waals surface area (Å²) in [5.41, 5.74) is 5.06. The Morgan fingerprint density at radius 1 is 1.23 bits per heavy atom. The molecule has 138 valence electrons. The van der Waals surface area contributed by atoms with Crippen molar-refractivity contribution >= 4 is 23.2 Å². The lowest BCUT2D eigenvalue weighted by atomic mass is 10.2. The lowest BCUT2D eigenvalue weighted by Gasteiger charge is -2.33. The van der Waals surface area contributed by atoms with Gasteiger partial charge in [0.1, 0.15) is 6.04 Å². The van der Waals surface area contributed by atoms with Crippen LogP contribution in [0.2, 0.25) is 0 Å². The Hall–Kier alpha value is -2.88. The predicted octanol–water partition coefficient (Wildman–Crippen LogP) is 1.50. The number of hydrogen-bond donors (Lipinski definition) is 3. The fourth-order valence-corrected chi connectivity index (χ4v) is 2.66. The maximum atomic E-state index is 12.7. The van der Waals surface area contributed by atoms with E-state index < -0.39 is 23.7 Å². The smallest absolute Gasteiger partial charge is 0.368 e. The predicted molar refractivity (Wildman–Crippen MR) is 90.0 cm³/mol. The van der Waals surface area contributed by atoms with Gasteiger partial charge in [-0.25, -0.2) is 9.97 Å². The molecule has 2 heterocycles. The average molecular weight is 366 g/mol. The number of halogens is 3. The number of nitrogens with zero attached hydrogens (tertiary/aromatic N) is 3. The van der Waals surface area contributed by atoms with Gasteiger partial charge in [0.2, 0.25) is 5.91 Å². The summed E-state index contributed by atoms with van der Waals surface area (Å²) in [6, 6.07) is 4.12. The lowest BCUT2D eigenvalue weighted by molar-refractivity contribution is -0.137. The normalized spacial score (nSPS) is 17.8. The fourth-order valence-electron chi connectivity index (χ4n) is 2.66. The van der Waals surface area contributed by atoms with Crippen LogP contribution in [0.15, 0.2) is 36.7 Å². The second-order valence-electron chi connectivity index (χ2n) is 5.78. The molecule has 10 heteroatoms. The summed E-state index contributed by atoms with van der Waals surface area (Å²) in [5, 5.41) is 5.99. The molecule has 1 unspecified atom stereocenters. The first-order valence-corrected chi connectivity index (χ1v) is 7.87. The summed E-state index contributed by atoms with van der Waals surface area (Å²) in [6.07, 6.45) is -1.40. The van der Waals surface area contributed by atoms with Gasteiger partial charge >= 0.3 is 6.18 Å². The number of rotatable bonds is 4. The molecule has 1 aliphatic heterocycles. The minimum atomic E-state index is -4.39. The van der Waals surface area contributed by atoms with E-state index in [2.05, 4.69) is 20.6 Å². The molecule has 1 aromatic carbocycles. The average Bonchev–Trinajstić information content (AvgIpc) is 2.62. The zero-order valence-corrected chi connectivity index (χ0v) is 13.6. The number of aromatic nitrogens is 2. The zero-order valence-electron chi connectivity index (χ0n) is 13.6. The largest absolute Gasteiger partial charge is 0.416 e. The molecule has 0 radical (unpaired) electrons. The van der Waals surface area contributed by atoms with Crippen molar-refractivity contribution < 1.29 is 18.0 Å². The van der Waals surface area contributed by atoms with Gasteiger partial charge in [0.25, 0.3) is 0 Å². The highest BCUT2D eigenvalue weighted by atomic mass is 19.4. The Bertz CT molecular complexity index is 780. The van der Waals surface area contributed by atoms with E-state index in [4.69, 9.17) is 5.73 Å². The highest BCUT2D eigenvalue weighted by Crippen LogP contribution is 2.31. The molecule has 0 bridgehead atoms. The monoisotopic (exact) mass is 366 g/mol. The molecule has 2 aromatic rings. The van der Waals surface area contributed by atoms with Gasteiger partial charge in [-0.1, -0.05) is 0 Å². The van der Waals surface area contributed by atoms with Crippen molar-refractivity contribution in [2.24, 2.45) is 5.73 Å². The molecule has 1 amide bonds. The molecular weight excluding hydrogens is 349 g/mol. The van der Waals surface area contributed by atoms with Crippen molar-refractivity contribution in [3.8, 4) is 0 Å². The van der Waals surface area contributed by atoms with Crippen LogP contribution < -0.4 is 21.3 Å². The summed E-state index contributed by atoms with van der Waals surface area (Å²) in [5.74, 6) is 0.424. The molecule has 3 rings (SSSR count). The zero-order chi connectivity index (χ0) is 18.7. The van der Waals surface area contributed by atoms with Crippen molar-refractivity contribution in [2.45, 2.75) is 12.2 Å². The molecule has 1 aromatic heterocycles. The second-order valence-corrected chi connectivity index (χ2v) is 5.78. The molecule has 4 N–H and O–H groups in total. The molecule has 0 saturated carbocycles. The van der Waals surface area contributed by atoms with Crippen molar-refractivity contribution in [3.05, 3.63) is 42.2 Å². The van der Waals surface area contributed by atoms with Crippen LogP contribution in [0.4, 0.5) is 30.5 Å². The third-order valence-electron chi connectivity index (χ3n) is 3.97. The van der Waals surface area contributed by atoms with E-state index in [9.17, 15) is 18.0 Å². The van der Waals surface area contributed by atoms with E-state index in [1.54, 1.807) is 0 Å². The first kappa shape index (κ1) is 17.9. The highest BCUT2D eigenvalue weighted by Gasteiger charge is 2.30. The van der Waals surface area contributed by atoms with Crippen LogP contribution in [0.5, 0.6) is 0 Å². The molecular formula is C16H17F3N6O. The first-order chi connectivity index (χ1) is 12.3. The number of anilines is 3.